The average Bonchev–Trinajstić information content (AvgIpc) is 3.16. The van der Waals surface area contributed by atoms with Crippen LogP contribution in [0.1, 0.15) is 11.4 Å². The predicted octanol–water partition coefficient (Wildman–Crippen LogP) is 4.90. The van der Waals surface area contributed by atoms with Gasteiger partial charge in [0.25, 0.3) is 10.0 Å². The minimum Gasteiger partial charge on any atom is -0.332 e. The van der Waals surface area contributed by atoms with Crippen molar-refractivity contribution in [3.05, 3.63) is 77.2 Å². The minimum atomic E-state index is -3.82. The van der Waals surface area contributed by atoms with E-state index >= 15 is 0 Å². The quantitative estimate of drug-likeness (QED) is 0.429. The standard InChI is InChI=1S/C21H18FN5O2S2/c1-13-11-14(2)24-20(23-13)27-31(28,29)18-9-7-17(8-10-18)25-21-26-19(12-30-21)15-3-5-16(22)6-4-15/h3-12H,1-2H3,(H,25,26)(H,23,24,27). The van der Waals surface area contributed by atoms with Crippen LogP contribution in [0.25, 0.3) is 11.3 Å². The number of aryl methyl sites for hydroxylation is 2. The van der Waals surface area contributed by atoms with Crippen molar-refractivity contribution in [1.29, 1.82) is 0 Å². The Labute approximate surface area is 183 Å². The van der Waals surface area contributed by atoms with E-state index in [1.54, 1.807) is 44.2 Å². The number of sulfonamides is 1. The summed E-state index contributed by atoms with van der Waals surface area (Å²) < 4.78 is 40.7. The first kappa shape index (κ1) is 20.9. The van der Waals surface area contributed by atoms with E-state index in [4.69, 9.17) is 0 Å². The van der Waals surface area contributed by atoms with Crippen molar-refractivity contribution >= 4 is 38.1 Å². The van der Waals surface area contributed by atoms with Gasteiger partial charge in [-0.3, -0.25) is 0 Å². The van der Waals surface area contributed by atoms with E-state index < -0.39 is 10.0 Å². The molecule has 0 saturated carbocycles. The topological polar surface area (TPSA) is 96.9 Å². The van der Waals surface area contributed by atoms with Gasteiger partial charge in [0.05, 0.1) is 10.6 Å². The summed E-state index contributed by atoms with van der Waals surface area (Å²) >= 11 is 1.39. The lowest BCUT2D eigenvalue weighted by molar-refractivity contribution is 0.600. The second-order valence-corrected chi connectivity index (χ2v) is 9.31. The fourth-order valence-corrected chi connectivity index (χ4v) is 4.56. The Morgan fingerprint density at radius 1 is 0.903 bits per heavy atom. The van der Waals surface area contributed by atoms with Crippen molar-refractivity contribution in [2.45, 2.75) is 18.7 Å². The van der Waals surface area contributed by atoms with Gasteiger partial charge in [0.1, 0.15) is 5.82 Å². The Balaban J connectivity index is 1.47. The summed E-state index contributed by atoms with van der Waals surface area (Å²) in [5.74, 6) is -0.262. The molecule has 31 heavy (non-hydrogen) atoms. The van der Waals surface area contributed by atoms with Gasteiger partial charge in [-0.25, -0.2) is 32.5 Å². The summed E-state index contributed by atoms with van der Waals surface area (Å²) in [5.41, 5.74) is 3.57. The molecule has 0 amide bonds. The van der Waals surface area contributed by atoms with E-state index in [-0.39, 0.29) is 16.7 Å². The second kappa shape index (κ2) is 8.40. The maximum absolute atomic E-state index is 13.1. The molecule has 0 aliphatic heterocycles. The number of halogens is 1. The normalized spacial score (nSPS) is 11.3. The lowest BCUT2D eigenvalue weighted by Crippen LogP contribution is -2.15. The SMILES string of the molecule is Cc1cc(C)nc(NS(=O)(=O)c2ccc(Nc3nc(-c4ccc(F)cc4)cs3)cc2)n1. The lowest BCUT2D eigenvalue weighted by atomic mass is 10.2. The molecule has 0 spiro atoms. The maximum Gasteiger partial charge on any atom is 0.264 e. The van der Waals surface area contributed by atoms with Crippen LogP contribution >= 0.6 is 11.3 Å². The summed E-state index contributed by atoms with van der Waals surface area (Å²) in [7, 11) is -3.82. The van der Waals surface area contributed by atoms with Gasteiger partial charge in [0.2, 0.25) is 5.95 Å². The number of aromatic nitrogens is 3. The number of anilines is 3. The Kier molecular flexibility index (Phi) is 5.66. The van der Waals surface area contributed by atoms with Gasteiger partial charge < -0.3 is 5.32 Å². The highest BCUT2D eigenvalue weighted by molar-refractivity contribution is 7.92. The molecule has 158 valence electrons. The van der Waals surface area contributed by atoms with Crippen LogP contribution in [0.4, 0.5) is 21.2 Å². The van der Waals surface area contributed by atoms with Crippen molar-refractivity contribution in [3.8, 4) is 11.3 Å². The van der Waals surface area contributed by atoms with E-state index in [0.717, 1.165) is 11.3 Å². The zero-order valence-electron chi connectivity index (χ0n) is 16.6. The Bertz CT molecular complexity index is 1300. The molecule has 0 radical (unpaired) electrons. The zero-order chi connectivity index (χ0) is 22.0. The number of hydrogen-bond donors (Lipinski definition) is 2. The van der Waals surface area contributed by atoms with Crippen molar-refractivity contribution < 1.29 is 12.8 Å². The van der Waals surface area contributed by atoms with Gasteiger partial charge in [-0.15, -0.1) is 11.3 Å². The van der Waals surface area contributed by atoms with E-state index in [1.165, 1.54) is 35.6 Å². The number of thiazole rings is 1. The van der Waals surface area contributed by atoms with E-state index in [2.05, 4.69) is 25.0 Å². The van der Waals surface area contributed by atoms with Gasteiger partial charge in [-0.1, -0.05) is 0 Å². The van der Waals surface area contributed by atoms with E-state index in [9.17, 15) is 12.8 Å². The van der Waals surface area contributed by atoms with Gasteiger partial charge in [-0.05, 0) is 68.4 Å². The highest BCUT2D eigenvalue weighted by Crippen LogP contribution is 2.28. The Morgan fingerprint density at radius 3 is 2.19 bits per heavy atom. The third-order valence-corrected chi connectivity index (χ3v) is 6.37. The van der Waals surface area contributed by atoms with Crippen LogP contribution in [0.2, 0.25) is 0 Å². The first-order valence-electron chi connectivity index (χ1n) is 9.22. The smallest absolute Gasteiger partial charge is 0.264 e. The van der Waals surface area contributed by atoms with Gasteiger partial charge in [0, 0.05) is 28.0 Å². The molecule has 4 rings (SSSR count). The summed E-state index contributed by atoms with van der Waals surface area (Å²) in [6.07, 6.45) is 0. The number of rotatable bonds is 6. The van der Waals surface area contributed by atoms with Gasteiger partial charge in [0.15, 0.2) is 5.13 Å². The number of benzene rings is 2. The van der Waals surface area contributed by atoms with Crippen LogP contribution < -0.4 is 10.0 Å². The maximum atomic E-state index is 13.1. The molecule has 0 atom stereocenters. The van der Waals surface area contributed by atoms with Crippen LogP contribution in [0, 0.1) is 19.7 Å². The highest BCUT2D eigenvalue weighted by Gasteiger charge is 2.16. The second-order valence-electron chi connectivity index (χ2n) is 6.77. The van der Waals surface area contributed by atoms with Crippen LogP contribution in [0.5, 0.6) is 0 Å². The molecule has 4 aromatic rings. The molecule has 7 nitrogen and oxygen atoms in total. The first-order valence-corrected chi connectivity index (χ1v) is 11.6. The molecule has 0 bridgehead atoms. The summed E-state index contributed by atoms with van der Waals surface area (Å²) in [6, 6.07) is 14.1. The molecular weight excluding hydrogens is 437 g/mol. The number of hydrogen-bond acceptors (Lipinski definition) is 7. The fourth-order valence-electron chi connectivity index (χ4n) is 2.88. The molecule has 0 fully saturated rings. The summed E-state index contributed by atoms with van der Waals surface area (Å²) in [6.45, 7) is 3.54. The molecular formula is C21H18FN5O2S2. The van der Waals surface area contributed by atoms with Crippen molar-refractivity contribution in [2.24, 2.45) is 0 Å². The third kappa shape index (κ3) is 5.04. The van der Waals surface area contributed by atoms with Crippen LogP contribution in [-0.4, -0.2) is 23.4 Å². The molecule has 2 N–H and O–H groups in total. The lowest BCUT2D eigenvalue weighted by Gasteiger charge is -2.09. The molecule has 2 heterocycles. The zero-order valence-corrected chi connectivity index (χ0v) is 18.3. The van der Waals surface area contributed by atoms with Crippen LogP contribution in [-0.2, 0) is 10.0 Å². The summed E-state index contributed by atoms with van der Waals surface area (Å²) in [4.78, 5) is 12.8. The van der Waals surface area contributed by atoms with Crippen molar-refractivity contribution in [1.82, 2.24) is 15.0 Å². The highest BCUT2D eigenvalue weighted by atomic mass is 32.2. The third-order valence-electron chi connectivity index (χ3n) is 4.27. The number of nitrogens with one attached hydrogen (secondary N) is 2. The predicted molar refractivity (Wildman–Crippen MR) is 120 cm³/mol. The van der Waals surface area contributed by atoms with Crippen LogP contribution in [0.15, 0.2) is 64.9 Å². The largest absolute Gasteiger partial charge is 0.332 e. The average molecular weight is 456 g/mol. The number of nitrogens with zero attached hydrogens (tertiary/aromatic N) is 3. The van der Waals surface area contributed by atoms with E-state index in [0.29, 0.717) is 22.2 Å². The molecule has 0 aliphatic rings. The fraction of sp³-hybridized carbons (Fsp3) is 0.0952. The molecule has 0 aliphatic carbocycles. The Hall–Kier alpha value is -3.37. The van der Waals surface area contributed by atoms with Crippen molar-refractivity contribution in [3.63, 3.8) is 0 Å². The van der Waals surface area contributed by atoms with E-state index in [1.807, 2.05) is 5.38 Å². The molecule has 0 unspecified atom stereocenters. The monoisotopic (exact) mass is 455 g/mol. The molecule has 10 heteroatoms. The van der Waals surface area contributed by atoms with Gasteiger partial charge >= 0.3 is 0 Å². The molecule has 0 saturated heterocycles. The molecule has 2 aromatic carbocycles. The summed E-state index contributed by atoms with van der Waals surface area (Å²) in [5, 5.41) is 5.64. The van der Waals surface area contributed by atoms with Gasteiger partial charge in [-0.2, -0.15) is 0 Å². The molecule has 2 aromatic heterocycles. The van der Waals surface area contributed by atoms with Crippen LogP contribution in [0.3, 0.4) is 0 Å². The first-order chi connectivity index (χ1) is 14.8. The minimum absolute atomic E-state index is 0.0378. The Morgan fingerprint density at radius 2 is 1.55 bits per heavy atom. The van der Waals surface area contributed by atoms with Crippen molar-refractivity contribution in [2.75, 3.05) is 10.0 Å².